The number of hydrogen-bond donors (Lipinski definition) is 1. The summed E-state index contributed by atoms with van der Waals surface area (Å²) in [5, 5.41) is 3.63. The Kier molecular flexibility index (Phi) is 5.55. The number of fused-ring (bicyclic) bond motifs is 1. The predicted molar refractivity (Wildman–Crippen MR) is 108 cm³/mol. The van der Waals surface area contributed by atoms with Gasteiger partial charge in [-0.05, 0) is 55.7 Å². The number of esters is 1. The highest BCUT2D eigenvalue weighted by atomic mass is 32.1. The van der Waals surface area contributed by atoms with Crippen LogP contribution in [-0.2, 0) is 28.9 Å². The number of nitrogens with one attached hydrogen (secondary N) is 1. The number of furan rings is 1. The molecule has 4 rings (SSSR count). The molecule has 1 N–H and O–H groups in total. The van der Waals surface area contributed by atoms with Crippen LogP contribution in [0.15, 0.2) is 22.8 Å². The van der Waals surface area contributed by atoms with Crippen molar-refractivity contribution < 1.29 is 18.7 Å². The maximum atomic E-state index is 12.8. The number of carbonyl (C=O) groups excluding carboxylic acids is 2. The molecule has 1 amide bonds. The van der Waals surface area contributed by atoms with E-state index >= 15 is 0 Å². The van der Waals surface area contributed by atoms with Crippen molar-refractivity contribution in [3.63, 3.8) is 0 Å². The van der Waals surface area contributed by atoms with Crippen LogP contribution in [0.4, 0.5) is 5.00 Å². The standard InChI is InChI=1S/C21H26N2O4S/c1-13-5-8-16-17(10-13)28-20(19(16)21(25)26-2)22-18(24)12-23(14-6-7-14)11-15-4-3-9-27-15/h3-4,9,13-14H,5-8,10-12H2,1-2H3,(H,22,24). The second-order valence-electron chi connectivity index (χ2n) is 7.81. The third kappa shape index (κ3) is 4.15. The van der Waals surface area contributed by atoms with Crippen LogP contribution in [0.1, 0.15) is 52.7 Å². The van der Waals surface area contributed by atoms with Crippen molar-refractivity contribution in [3.05, 3.63) is 40.2 Å². The number of thiophene rings is 1. The van der Waals surface area contributed by atoms with E-state index in [4.69, 9.17) is 9.15 Å². The minimum absolute atomic E-state index is 0.102. The molecule has 2 heterocycles. The molecule has 0 bridgehead atoms. The molecule has 2 aliphatic carbocycles. The average molecular weight is 403 g/mol. The molecule has 7 heteroatoms. The fourth-order valence-electron chi connectivity index (χ4n) is 3.86. The first kappa shape index (κ1) is 19.2. The number of amides is 1. The molecule has 0 spiro atoms. The largest absolute Gasteiger partial charge is 0.468 e. The zero-order valence-electron chi connectivity index (χ0n) is 16.3. The maximum Gasteiger partial charge on any atom is 0.341 e. The molecule has 2 aliphatic rings. The highest BCUT2D eigenvalue weighted by Crippen LogP contribution is 2.40. The topological polar surface area (TPSA) is 71.8 Å². The number of nitrogens with zero attached hydrogens (tertiary/aromatic N) is 1. The first-order valence-corrected chi connectivity index (χ1v) is 10.7. The molecule has 1 saturated carbocycles. The van der Waals surface area contributed by atoms with E-state index < -0.39 is 0 Å². The summed E-state index contributed by atoms with van der Waals surface area (Å²) < 4.78 is 10.4. The van der Waals surface area contributed by atoms with Crippen molar-refractivity contribution in [1.29, 1.82) is 0 Å². The lowest BCUT2D eigenvalue weighted by Gasteiger charge is -2.20. The van der Waals surface area contributed by atoms with Crippen LogP contribution in [0, 0.1) is 5.92 Å². The molecule has 0 saturated heterocycles. The van der Waals surface area contributed by atoms with Crippen LogP contribution >= 0.6 is 11.3 Å². The second-order valence-corrected chi connectivity index (χ2v) is 8.92. The maximum absolute atomic E-state index is 12.8. The third-order valence-electron chi connectivity index (χ3n) is 5.50. The molecule has 150 valence electrons. The van der Waals surface area contributed by atoms with Gasteiger partial charge in [0, 0.05) is 10.9 Å². The van der Waals surface area contributed by atoms with Crippen molar-refractivity contribution in [2.24, 2.45) is 5.92 Å². The Hall–Kier alpha value is -2.12. The number of anilines is 1. The molecule has 0 aromatic carbocycles. The fourth-order valence-corrected chi connectivity index (χ4v) is 5.28. The Morgan fingerprint density at radius 3 is 2.86 bits per heavy atom. The molecule has 1 fully saturated rings. The first-order valence-electron chi connectivity index (χ1n) is 9.84. The lowest BCUT2D eigenvalue weighted by atomic mass is 9.88. The number of hydrogen-bond acceptors (Lipinski definition) is 6. The molecular weight excluding hydrogens is 376 g/mol. The third-order valence-corrected chi connectivity index (χ3v) is 6.67. The zero-order chi connectivity index (χ0) is 19.7. The van der Waals surface area contributed by atoms with Gasteiger partial charge in [0.2, 0.25) is 5.91 Å². The second kappa shape index (κ2) is 8.09. The Labute approximate surface area is 168 Å². The van der Waals surface area contributed by atoms with Crippen molar-refractivity contribution in [3.8, 4) is 0 Å². The van der Waals surface area contributed by atoms with E-state index in [1.165, 1.54) is 23.3 Å². The Balaban J connectivity index is 1.49. The molecule has 2 aromatic rings. The Bertz CT molecular complexity index is 854. The lowest BCUT2D eigenvalue weighted by molar-refractivity contribution is -0.117. The van der Waals surface area contributed by atoms with Crippen LogP contribution in [0.3, 0.4) is 0 Å². The highest BCUT2D eigenvalue weighted by Gasteiger charge is 2.32. The zero-order valence-corrected chi connectivity index (χ0v) is 17.1. The summed E-state index contributed by atoms with van der Waals surface area (Å²) in [6.45, 7) is 3.12. The summed E-state index contributed by atoms with van der Waals surface area (Å²) in [6, 6.07) is 4.21. The van der Waals surface area contributed by atoms with Crippen LogP contribution in [0.25, 0.3) is 0 Å². The van der Waals surface area contributed by atoms with E-state index in [9.17, 15) is 9.59 Å². The van der Waals surface area contributed by atoms with E-state index in [2.05, 4.69) is 17.1 Å². The van der Waals surface area contributed by atoms with Gasteiger partial charge in [0.15, 0.2) is 0 Å². The van der Waals surface area contributed by atoms with Gasteiger partial charge >= 0.3 is 5.97 Å². The van der Waals surface area contributed by atoms with E-state index in [1.807, 2.05) is 12.1 Å². The van der Waals surface area contributed by atoms with Gasteiger partial charge in [-0.15, -0.1) is 11.3 Å². The number of rotatable bonds is 7. The summed E-state index contributed by atoms with van der Waals surface area (Å²) in [7, 11) is 1.39. The average Bonchev–Trinajstić information content (AvgIpc) is 3.28. The smallest absolute Gasteiger partial charge is 0.341 e. The van der Waals surface area contributed by atoms with E-state index in [-0.39, 0.29) is 18.4 Å². The van der Waals surface area contributed by atoms with Gasteiger partial charge in [-0.3, -0.25) is 9.69 Å². The molecule has 2 aromatic heterocycles. The normalized spacial score (nSPS) is 18.8. The van der Waals surface area contributed by atoms with Crippen molar-refractivity contribution in [1.82, 2.24) is 4.90 Å². The molecule has 28 heavy (non-hydrogen) atoms. The van der Waals surface area contributed by atoms with Crippen LogP contribution in [-0.4, -0.2) is 36.5 Å². The van der Waals surface area contributed by atoms with Crippen molar-refractivity contribution in [2.45, 2.75) is 51.6 Å². The van der Waals surface area contributed by atoms with E-state index in [0.29, 0.717) is 29.1 Å². The molecule has 0 radical (unpaired) electrons. The minimum Gasteiger partial charge on any atom is -0.468 e. The summed E-state index contributed by atoms with van der Waals surface area (Å²) >= 11 is 1.52. The van der Waals surface area contributed by atoms with Crippen molar-refractivity contribution >= 4 is 28.2 Å². The molecule has 6 nitrogen and oxygen atoms in total. The quantitative estimate of drug-likeness (QED) is 0.712. The number of carbonyl (C=O) groups is 2. The van der Waals surface area contributed by atoms with Gasteiger partial charge in [0.1, 0.15) is 10.8 Å². The lowest BCUT2D eigenvalue weighted by Crippen LogP contribution is -2.34. The SMILES string of the molecule is COC(=O)c1c(NC(=O)CN(Cc2ccco2)C2CC2)sc2c1CCC(C)C2. The van der Waals surface area contributed by atoms with Gasteiger partial charge in [0.05, 0.1) is 32.0 Å². The molecule has 0 aliphatic heterocycles. The molecule has 1 atom stereocenters. The number of methoxy groups -OCH3 is 1. The summed E-state index contributed by atoms with van der Waals surface area (Å²) in [5.74, 6) is 0.988. The Morgan fingerprint density at radius 2 is 2.18 bits per heavy atom. The van der Waals surface area contributed by atoms with Crippen LogP contribution < -0.4 is 5.32 Å². The van der Waals surface area contributed by atoms with Gasteiger partial charge in [-0.2, -0.15) is 0 Å². The van der Waals surface area contributed by atoms with Crippen LogP contribution in [0.2, 0.25) is 0 Å². The van der Waals surface area contributed by atoms with E-state index in [1.54, 1.807) is 6.26 Å². The van der Waals surface area contributed by atoms with Gasteiger partial charge in [-0.25, -0.2) is 4.79 Å². The highest BCUT2D eigenvalue weighted by molar-refractivity contribution is 7.17. The summed E-state index contributed by atoms with van der Waals surface area (Å²) in [4.78, 5) is 28.5. The predicted octanol–water partition coefficient (Wildman–Crippen LogP) is 3.86. The fraction of sp³-hybridized carbons (Fsp3) is 0.524. The van der Waals surface area contributed by atoms with Crippen molar-refractivity contribution in [2.75, 3.05) is 19.0 Å². The Morgan fingerprint density at radius 1 is 1.36 bits per heavy atom. The monoisotopic (exact) mass is 402 g/mol. The minimum atomic E-state index is -0.364. The van der Waals surface area contributed by atoms with Gasteiger partial charge in [0.25, 0.3) is 0 Å². The summed E-state index contributed by atoms with van der Waals surface area (Å²) in [6.07, 6.45) is 6.73. The van der Waals surface area contributed by atoms with E-state index in [0.717, 1.165) is 43.4 Å². The van der Waals surface area contributed by atoms with Gasteiger partial charge in [-0.1, -0.05) is 6.92 Å². The van der Waals surface area contributed by atoms with Crippen LogP contribution in [0.5, 0.6) is 0 Å². The molecular formula is C21H26N2O4S. The first-order chi connectivity index (χ1) is 13.5. The van der Waals surface area contributed by atoms with Gasteiger partial charge < -0.3 is 14.5 Å². The number of ether oxygens (including phenoxy) is 1. The molecule has 1 unspecified atom stereocenters. The summed E-state index contributed by atoms with van der Waals surface area (Å²) in [5.41, 5.74) is 1.60.